The van der Waals surface area contributed by atoms with Crippen molar-refractivity contribution in [1.29, 1.82) is 0 Å². The third kappa shape index (κ3) is 3.19. The van der Waals surface area contributed by atoms with Gasteiger partial charge < -0.3 is 5.11 Å². The number of hydrogen-bond donors (Lipinski definition) is 1. The standard InChI is InChI=1S/C20H23BO2/c1-2-3-13-21-14-17(16-11-8-12-18(22)19(16)21)20(23)15-9-6-4-5-7-10-15/h4,6,8,10-12,14,22H,2-3,5,7,9,13H2,1H3. The van der Waals surface area contributed by atoms with Gasteiger partial charge in [-0.1, -0.05) is 62.4 Å². The maximum Gasteiger partial charge on any atom is 0.207 e. The molecule has 0 saturated heterocycles. The van der Waals surface area contributed by atoms with Gasteiger partial charge in [0, 0.05) is 5.57 Å². The molecule has 0 saturated carbocycles. The highest BCUT2D eigenvalue weighted by Crippen LogP contribution is 2.30. The van der Waals surface area contributed by atoms with Gasteiger partial charge in [-0.3, -0.25) is 4.79 Å². The number of allylic oxidation sites excluding steroid dienone is 5. The molecule has 3 heteroatoms. The predicted octanol–water partition coefficient (Wildman–Crippen LogP) is 4.07. The molecule has 0 aromatic heterocycles. The number of hydrogen-bond acceptors (Lipinski definition) is 2. The zero-order valence-corrected chi connectivity index (χ0v) is 13.7. The minimum Gasteiger partial charge on any atom is -0.508 e. The molecule has 1 aliphatic carbocycles. The first-order valence-corrected chi connectivity index (χ1v) is 8.65. The van der Waals surface area contributed by atoms with Gasteiger partial charge in [0.2, 0.25) is 6.71 Å². The number of ketones is 1. The fraction of sp³-hybridized carbons (Fsp3) is 0.350. The van der Waals surface area contributed by atoms with Crippen LogP contribution in [0.25, 0.3) is 5.57 Å². The molecule has 2 nitrogen and oxygen atoms in total. The molecule has 1 N–H and O–H groups in total. The van der Waals surface area contributed by atoms with Crippen molar-refractivity contribution in [2.45, 2.75) is 45.3 Å². The van der Waals surface area contributed by atoms with Crippen LogP contribution >= 0.6 is 0 Å². The van der Waals surface area contributed by atoms with Crippen LogP contribution in [0.4, 0.5) is 0 Å². The molecule has 0 radical (unpaired) electrons. The maximum atomic E-state index is 13.0. The number of carbonyl (C=O) groups is 1. The zero-order valence-electron chi connectivity index (χ0n) is 13.7. The van der Waals surface area contributed by atoms with Crippen molar-refractivity contribution in [2.24, 2.45) is 0 Å². The van der Waals surface area contributed by atoms with Crippen molar-refractivity contribution in [3.63, 3.8) is 0 Å². The first kappa shape index (κ1) is 15.9. The van der Waals surface area contributed by atoms with Crippen molar-refractivity contribution in [3.05, 3.63) is 53.5 Å². The molecule has 0 amide bonds. The predicted molar refractivity (Wildman–Crippen MR) is 97.3 cm³/mol. The van der Waals surface area contributed by atoms with Crippen molar-refractivity contribution < 1.29 is 9.90 Å². The van der Waals surface area contributed by atoms with E-state index in [4.69, 9.17) is 0 Å². The summed E-state index contributed by atoms with van der Waals surface area (Å²) in [4.78, 5) is 13.0. The monoisotopic (exact) mass is 306 g/mol. The van der Waals surface area contributed by atoms with E-state index >= 15 is 0 Å². The summed E-state index contributed by atoms with van der Waals surface area (Å²) < 4.78 is 0. The Kier molecular flexibility index (Phi) is 4.85. The van der Waals surface area contributed by atoms with Crippen molar-refractivity contribution in [3.8, 4) is 5.75 Å². The van der Waals surface area contributed by atoms with E-state index in [0.29, 0.717) is 12.2 Å². The topological polar surface area (TPSA) is 37.3 Å². The number of carbonyl (C=O) groups excluding carboxylic acids is 1. The summed E-state index contributed by atoms with van der Waals surface area (Å²) in [5.41, 5.74) is 3.52. The van der Waals surface area contributed by atoms with Gasteiger partial charge in [-0.25, -0.2) is 0 Å². The number of fused-ring (bicyclic) bond motifs is 1. The largest absolute Gasteiger partial charge is 0.508 e. The van der Waals surface area contributed by atoms with E-state index in [2.05, 4.69) is 31.1 Å². The highest BCUT2D eigenvalue weighted by molar-refractivity contribution is 6.83. The Hall–Kier alpha value is -2.03. The molecule has 0 spiro atoms. The summed E-state index contributed by atoms with van der Waals surface area (Å²) in [6.07, 6.45) is 12.2. The van der Waals surface area contributed by atoms with Crippen molar-refractivity contribution >= 4 is 23.5 Å². The van der Waals surface area contributed by atoms with E-state index in [1.165, 1.54) is 0 Å². The van der Waals surface area contributed by atoms with Crippen LogP contribution in [0.1, 0.15) is 44.6 Å². The lowest BCUT2D eigenvalue weighted by atomic mass is 9.43. The van der Waals surface area contributed by atoms with E-state index in [1.54, 1.807) is 6.07 Å². The molecule has 1 aromatic rings. The lowest BCUT2D eigenvalue weighted by Crippen LogP contribution is -2.26. The van der Waals surface area contributed by atoms with Crippen LogP contribution in [0.2, 0.25) is 6.32 Å². The first-order chi connectivity index (χ1) is 11.2. The summed E-state index contributed by atoms with van der Waals surface area (Å²) in [5, 5.41) is 10.3. The average molecular weight is 306 g/mol. The van der Waals surface area contributed by atoms with Crippen LogP contribution in [-0.4, -0.2) is 17.6 Å². The molecule has 118 valence electrons. The molecule has 0 fully saturated rings. The third-order valence-electron chi connectivity index (χ3n) is 4.75. The first-order valence-electron chi connectivity index (χ1n) is 8.65. The van der Waals surface area contributed by atoms with Crippen LogP contribution < -0.4 is 5.46 Å². The minimum atomic E-state index is 0.127. The third-order valence-corrected chi connectivity index (χ3v) is 4.75. The molecule has 0 atom stereocenters. The Morgan fingerprint density at radius 3 is 2.96 bits per heavy atom. The van der Waals surface area contributed by atoms with Gasteiger partial charge in [0.1, 0.15) is 5.75 Å². The molecule has 2 aliphatic rings. The fourth-order valence-electron chi connectivity index (χ4n) is 3.53. The number of phenolic OH excluding ortho intramolecular Hbond substituents is 1. The Labute approximate surface area is 138 Å². The summed E-state index contributed by atoms with van der Waals surface area (Å²) in [5.74, 6) is 2.53. The molecule has 3 rings (SSSR count). The molecular weight excluding hydrogens is 283 g/mol. The molecule has 1 heterocycles. The smallest absolute Gasteiger partial charge is 0.207 e. The second-order valence-corrected chi connectivity index (χ2v) is 6.38. The van der Waals surface area contributed by atoms with E-state index in [-0.39, 0.29) is 12.5 Å². The second kappa shape index (κ2) is 7.03. The number of unbranched alkanes of at least 4 members (excludes halogenated alkanes) is 1. The Bertz CT molecular complexity index is 698. The quantitative estimate of drug-likeness (QED) is 0.658. The van der Waals surface area contributed by atoms with E-state index < -0.39 is 0 Å². The van der Waals surface area contributed by atoms with Crippen LogP contribution in [0.3, 0.4) is 0 Å². The van der Waals surface area contributed by atoms with Crippen molar-refractivity contribution in [2.75, 3.05) is 0 Å². The SMILES string of the molecule is CCCCB1C=C(C(=O)C2=CCCC=CC2)c2cccc(O)c21. The Morgan fingerprint density at radius 2 is 2.13 bits per heavy atom. The van der Waals surface area contributed by atoms with Crippen LogP contribution in [0.15, 0.2) is 48.0 Å². The van der Waals surface area contributed by atoms with Gasteiger partial charge in [-0.2, -0.15) is 0 Å². The Balaban J connectivity index is 1.95. The molecule has 0 bridgehead atoms. The normalized spacial score (nSPS) is 16.7. The van der Waals surface area contributed by atoms with Gasteiger partial charge in [0.15, 0.2) is 5.78 Å². The fourth-order valence-corrected chi connectivity index (χ4v) is 3.53. The van der Waals surface area contributed by atoms with Gasteiger partial charge in [-0.15, -0.1) is 0 Å². The number of phenols is 1. The second-order valence-electron chi connectivity index (χ2n) is 6.38. The van der Waals surface area contributed by atoms with Crippen LogP contribution in [0, 0.1) is 0 Å². The lowest BCUT2D eigenvalue weighted by molar-refractivity contribution is -0.110. The van der Waals surface area contributed by atoms with E-state index in [9.17, 15) is 9.90 Å². The highest BCUT2D eigenvalue weighted by Gasteiger charge is 2.32. The van der Waals surface area contributed by atoms with Crippen LogP contribution in [-0.2, 0) is 4.79 Å². The summed E-state index contributed by atoms with van der Waals surface area (Å²) in [6.45, 7) is 2.33. The molecule has 23 heavy (non-hydrogen) atoms. The lowest BCUT2D eigenvalue weighted by Gasteiger charge is -2.10. The van der Waals surface area contributed by atoms with E-state index in [1.807, 2.05) is 12.1 Å². The Morgan fingerprint density at radius 1 is 1.26 bits per heavy atom. The van der Waals surface area contributed by atoms with Gasteiger partial charge >= 0.3 is 0 Å². The van der Waals surface area contributed by atoms with Gasteiger partial charge in [-0.05, 0) is 41.9 Å². The van der Waals surface area contributed by atoms with Gasteiger partial charge in [0.05, 0.1) is 0 Å². The molecule has 1 aliphatic heterocycles. The summed E-state index contributed by atoms with van der Waals surface area (Å²) >= 11 is 0. The number of aromatic hydroxyl groups is 1. The average Bonchev–Trinajstić information content (AvgIpc) is 2.73. The maximum absolute atomic E-state index is 13.0. The summed E-state index contributed by atoms with van der Waals surface area (Å²) in [6, 6.07) is 5.53. The van der Waals surface area contributed by atoms with Gasteiger partial charge in [0.25, 0.3) is 0 Å². The van der Waals surface area contributed by atoms with Crippen molar-refractivity contribution in [1.82, 2.24) is 0 Å². The molecule has 1 aromatic carbocycles. The summed E-state index contributed by atoms with van der Waals surface area (Å²) in [7, 11) is 0. The highest BCUT2D eigenvalue weighted by atomic mass is 16.3. The number of Topliss-reactive ketones (excluding diaryl/α,β-unsaturated/α-hetero) is 1. The number of rotatable bonds is 5. The molecule has 0 unspecified atom stereocenters. The zero-order chi connectivity index (χ0) is 16.2. The number of benzene rings is 1. The van der Waals surface area contributed by atoms with Crippen LogP contribution in [0.5, 0.6) is 5.75 Å². The minimum absolute atomic E-state index is 0.127. The van der Waals surface area contributed by atoms with E-state index in [0.717, 1.165) is 54.2 Å². The molecular formula is C20H23BO2.